The zero-order chi connectivity index (χ0) is 13.2. The molecule has 0 aromatic rings. The van der Waals surface area contributed by atoms with E-state index in [0.717, 1.165) is 38.7 Å². The van der Waals surface area contributed by atoms with Gasteiger partial charge in [-0.05, 0) is 44.6 Å². The predicted molar refractivity (Wildman–Crippen MR) is 75.9 cm³/mol. The molecule has 0 bridgehead atoms. The Balaban J connectivity index is 2.23. The highest BCUT2D eigenvalue weighted by Crippen LogP contribution is 2.26. The second-order valence-electron chi connectivity index (χ2n) is 5.50. The van der Waals surface area contributed by atoms with Gasteiger partial charge in [0.05, 0.1) is 19.3 Å². The predicted octanol–water partition coefficient (Wildman–Crippen LogP) is 2.99. The van der Waals surface area contributed by atoms with Crippen LogP contribution in [0, 0.1) is 5.92 Å². The monoisotopic (exact) mass is 257 g/mol. The molecule has 1 fully saturated rings. The number of hydrogen-bond donors (Lipinski definition) is 1. The summed E-state index contributed by atoms with van der Waals surface area (Å²) in [7, 11) is 0. The fourth-order valence-corrected chi connectivity index (χ4v) is 2.58. The molecule has 3 unspecified atom stereocenters. The Morgan fingerprint density at radius 1 is 1.06 bits per heavy atom. The van der Waals surface area contributed by atoms with Gasteiger partial charge in [0.2, 0.25) is 0 Å². The zero-order valence-corrected chi connectivity index (χ0v) is 12.4. The summed E-state index contributed by atoms with van der Waals surface area (Å²) in [6.07, 6.45) is 6.43. The van der Waals surface area contributed by atoms with E-state index in [1.165, 1.54) is 25.7 Å². The average Bonchev–Trinajstić information content (AvgIpc) is 2.37. The molecule has 0 heterocycles. The highest BCUT2D eigenvalue weighted by molar-refractivity contribution is 4.84. The van der Waals surface area contributed by atoms with Gasteiger partial charge in [0.1, 0.15) is 0 Å². The Labute approximate surface area is 113 Å². The van der Waals surface area contributed by atoms with Crippen molar-refractivity contribution in [3.05, 3.63) is 0 Å². The fraction of sp³-hybridized carbons (Fsp3) is 1.00. The van der Waals surface area contributed by atoms with Crippen molar-refractivity contribution in [2.24, 2.45) is 5.92 Å². The van der Waals surface area contributed by atoms with Crippen molar-refractivity contribution >= 4 is 0 Å². The molecular formula is C15H31NO2. The maximum atomic E-state index is 6.02. The van der Waals surface area contributed by atoms with E-state index in [2.05, 4.69) is 26.1 Å². The van der Waals surface area contributed by atoms with Crippen molar-refractivity contribution in [3.63, 3.8) is 0 Å². The number of ether oxygens (including phenoxy) is 2. The van der Waals surface area contributed by atoms with Gasteiger partial charge in [-0.25, -0.2) is 0 Å². The lowest BCUT2D eigenvalue weighted by atomic mass is 9.85. The Bertz CT molecular complexity index is 197. The van der Waals surface area contributed by atoms with Gasteiger partial charge in [-0.15, -0.1) is 0 Å². The molecule has 3 heteroatoms. The summed E-state index contributed by atoms with van der Waals surface area (Å²) in [5.74, 6) is 0.797. The lowest BCUT2D eigenvalue weighted by Crippen LogP contribution is -2.45. The SMILES string of the molecule is CCCNC1CCC(C)CC1OCCOCCC. The van der Waals surface area contributed by atoms with Gasteiger partial charge in [0.15, 0.2) is 0 Å². The molecule has 0 spiro atoms. The van der Waals surface area contributed by atoms with Crippen molar-refractivity contribution in [2.45, 2.75) is 65.0 Å². The Morgan fingerprint density at radius 2 is 1.89 bits per heavy atom. The van der Waals surface area contributed by atoms with Gasteiger partial charge in [-0.1, -0.05) is 20.8 Å². The highest BCUT2D eigenvalue weighted by atomic mass is 16.5. The average molecular weight is 257 g/mol. The first-order valence-electron chi connectivity index (χ1n) is 7.70. The van der Waals surface area contributed by atoms with Crippen LogP contribution in [0.3, 0.4) is 0 Å². The third kappa shape index (κ3) is 6.17. The van der Waals surface area contributed by atoms with Gasteiger partial charge in [-0.3, -0.25) is 0 Å². The number of nitrogens with one attached hydrogen (secondary N) is 1. The van der Waals surface area contributed by atoms with E-state index < -0.39 is 0 Å². The Kier molecular flexibility index (Phi) is 8.64. The Morgan fingerprint density at radius 3 is 2.61 bits per heavy atom. The van der Waals surface area contributed by atoms with E-state index in [0.29, 0.717) is 12.1 Å². The minimum absolute atomic E-state index is 0.380. The third-order valence-electron chi connectivity index (χ3n) is 3.62. The second-order valence-corrected chi connectivity index (χ2v) is 5.50. The van der Waals surface area contributed by atoms with Crippen LogP contribution < -0.4 is 5.32 Å². The quantitative estimate of drug-likeness (QED) is 0.644. The summed E-state index contributed by atoms with van der Waals surface area (Å²) in [5, 5.41) is 3.63. The summed E-state index contributed by atoms with van der Waals surface area (Å²) in [5.41, 5.74) is 0. The second kappa shape index (κ2) is 9.76. The highest BCUT2D eigenvalue weighted by Gasteiger charge is 2.28. The first kappa shape index (κ1) is 15.9. The lowest BCUT2D eigenvalue weighted by Gasteiger charge is -2.35. The van der Waals surface area contributed by atoms with E-state index >= 15 is 0 Å². The molecule has 1 rings (SSSR count). The van der Waals surface area contributed by atoms with Gasteiger partial charge in [0, 0.05) is 12.6 Å². The van der Waals surface area contributed by atoms with Crippen LogP contribution >= 0.6 is 0 Å². The maximum Gasteiger partial charge on any atom is 0.0731 e. The van der Waals surface area contributed by atoms with E-state index in [-0.39, 0.29) is 0 Å². The van der Waals surface area contributed by atoms with E-state index in [9.17, 15) is 0 Å². The standard InChI is InChI=1S/C15H31NO2/c1-4-8-16-14-7-6-13(3)12-15(14)18-11-10-17-9-5-2/h13-16H,4-12H2,1-3H3. The van der Waals surface area contributed by atoms with Crippen LogP contribution in [0.4, 0.5) is 0 Å². The van der Waals surface area contributed by atoms with E-state index in [1.807, 2.05) is 0 Å². The van der Waals surface area contributed by atoms with Crippen LogP contribution in [0.5, 0.6) is 0 Å². The van der Waals surface area contributed by atoms with Crippen molar-refractivity contribution in [1.82, 2.24) is 5.32 Å². The maximum absolute atomic E-state index is 6.02. The van der Waals surface area contributed by atoms with Crippen LogP contribution in [0.15, 0.2) is 0 Å². The van der Waals surface area contributed by atoms with Crippen molar-refractivity contribution in [1.29, 1.82) is 0 Å². The van der Waals surface area contributed by atoms with Gasteiger partial charge in [0.25, 0.3) is 0 Å². The Hall–Kier alpha value is -0.120. The van der Waals surface area contributed by atoms with Crippen molar-refractivity contribution in [2.75, 3.05) is 26.4 Å². The summed E-state index contributed by atoms with van der Waals surface area (Å²) in [4.78, 5) is 0. The molecule has 0 radical (unpaired) electrons. The molecular weight excluding hydrogens is 226 g/mol. The van der Waals surface area contributed by atoms with Crippen LogP contribution in [0.25, 0.3) is 0 Å². The first-order chi connectivity index (χ1) is 8.77. The molecule has 3 nitrogen and oxygen atoms in total. The van der Waals surface area contributed by atoms with Crippen molar-refractivity contribution < 1.29 is 9.47 Å². The molecule has 1 N–H and O–H groups in total. The van der Waals surface area contributed by atoms with E-state index in [4.69, 9.17) is 9.47 Å². The first-order valence-corrected chi connectivity index (χ1v) is 7.70. The lowest BCUT2D eigenvalue weighted by molar-refractivity contribution is -0.0341. The number of hydrogen-bond acceptors (Lipinski definition) is 3. The van der Waals surface area contributed by atoms with Crippen LogP contribution in [-0.4, -0.2) is 38.5 Å². The minimum Gasteiger partial charge on any atom is -0.379 e. The smallest absolute Gasteiger partial charge is 0.0731 e. The molecule has 1 aliphatic carbocycles. The van der Waals surface area contributed by atoms with Gasteiger partial charge < -0.3 is 14.8 Å². The topological polar surface area (TPSA) is 30.5 Å². The molecule has 0 aromatic heterocycles. The fourth-order valence-electron chi connectivity index (χ4n) is 2.58. The summed E-state index contributed by atoms with van der Waals surface area (Å²) in [6, 6.07) is 0.548. The molecule has 0 amide bonds. The summed E-state index contributed by atoms with van der Waals surface area (Å²) >= 11 is 0. The van der Waals surface area contributed by atoms with Gasteiger partial charge >= 0.3 is 0 Å². The van der Waals surface area contributed by atoms with Crippen LogP contribution in [0.1, 0.15) is 52.9 Å². The molecule has 18 heavy (non-hydrogen) atoms. The molecule has 1 saturated carbocycles. The molecule has 0 aromatic carbocycles. The van der Waals surface area contributed by atoms with E-state index in [1.54, 1.807) is 0 Å². The van der Waals surface area contributed by atoms with Crippen LogP contribution in [0.2, 0.25) is 0 Å². The van der Waals surface area contributed by atoms with Crippen LogP contribution in [-0.2, 0) is 9.47 Å². The van der Waals surface area contributed by atoms with Crippen molar-refractivity contribution in [3.8, 4) is 0 Å². The summed E-state index contributed by atoms with van der Waals surface area (Å²) in [6.45, 7) is 10.1. The molecule has 3 atom stereocenters. The largest absolute Gasteiger partial charge is 0.379 e. The summed E-state index contributed by atoms with van der Waals surface area (Å²) < 4.78 is 11.5. The third-order valence-corrected chi connectivity index (χ3v) is 3.62. The molecule has 0 aliphatic heterocycles. The zero-order valence-electron chi connectivity index (χ0n) is 12.4. The molecule has 1 aliphatic rings. The molecule has 108 valence electrons. The molecule has 0 saturated heterocycles. The van der Waals surface area contributed by atoms with Gasteiger partial charge in [-0.2, -0.15) is 0 Å². The number of rotatable bonds is 9. The minimum atomic E-state index is 0.380. The normalized spacial score (nSPS) is 28.5.